The summed E-state index contributed by atoms with van der Waals surface area (Å²) in [6.45, 7) is 1.95. The maximum atomic E-state index is 12.9. The van der Waals surface area contributed by atoms with Crippen LogP contribution >= 0.6 is 11.6 Å². The lowest BCUT2D eigenvalue weighted by Gasteiger charge is -2.01. The fourth-order valence-corrected chi connectivity index (χ4v) is 1.45. The Morgan fingerprint density at radius 1 is 1.33 bits per heavy atom. The lowest BCUT2D eigenvalue weighted by atomic mass is 10.3. The van der Waals surface area contributed by atoms with Crippen LogP contribution in [0.15, 0.2) is 12.1 Å². The quantitative estimate of drug-likeness (QED) is 0.651. The maximum Gasteiger partial charge on any atom is 0.143 e. The van der Waals surface area contributed by atoms with Crippen molar-refractivity contribution in [2.24, 2.45) is 0 Å². The molecule has 1 aliphatic heterocycles. The van der Waals surface area contributed by atoms with E-state index >= 15 is 0 Å². The number of halogens is 2. The molecule has 0 aromatic heterocycles. The van der Waals surface area contributed by atoms with Crippen LogP contribution in [0.25, 0.3) is 0 Å². The Morgan fingerprint density at radius 2 is 1.92 bits per heavy atom. The van der Waals surface area contributed by atoms with E-state index in [2.05, 4.69) is 10.6 Å². The van der Waals surface area contributed by atoms with Gasteiger partial charge in [-0.2, -0.15) is 0 Å². The molecule has 0 amide bonds. The second-order valence-corrected chi connectivity index (χ2v) is 3.23. The van der Waals surface area contributed by atoms with E-state index in [0.717, 1.165) is 11.4 Å². The van der Waals surface area contributed by atoms with Crippen LogP contribution in [0.4, 0.5) is 15.8 Å². The summed E-state index contributed by atoms with van der Waals surface area (Å²) in [5.74, 6) is -0.390. The second kappa shape index (κ2) is 2.52. The SMILES string of the molecule is CC1Nc2cc(F)c(Cl)cc2N1. The standard InChI is InChI=1S/C8H8ClFN2/c1-4-11-7-2-5(9)6(10)3-8(7)12-4/h2-4,11-12H,1H3. The monoisotopic (exact) mass is 186 g/mol. The van der Waals surface area contributed by atoms with Crippen LogP contribution in [0.1, 0.15) is 6.92 Å². The molecule has 0 saturated heterocycles. The molecule has 0 spiro atoms. The number of rotatable bonds is 0. The van der Waals surface area contributed by atoms with E-state index in [4.69, 9.17) is 11.6 Å². The first-order valence-electron chi connectivity index (χ1n) is 3.69. The van der Waals surface area contributed by atoms with Crippen LogP contribution in [0.2, 0.25) is 5.02 Å². The molecule has 1 aromatic carbocycles. The summed E-state index contributed by atoms with van der Waals surface area (Å²) in [6, 6.07) is 2.98. The summed E-state index contributed by atoms with van der Waals surface area (Å²) in [5, 5.41) is 6.31. The van der Waals surface area contributed by atoms with Gasteiger partial charge < -0.3 is 10.6 Å². The Morgan fingerprint density at radius 3 is 2.58 bits per heavy atom. The summed E-state index contributed by atoms with van der Waals surface area (Å²) in [6.07, 6.45) is 0.137. The molecule has 1 aliphatic rings. The number of nitrogens with one attached hydrogen (secondary N) is 2. The highest BCUT2D eigenvalue weighted by molar-refractivity contribution is 6.31. The molecule has 4 heteroatoms. The van der Waals surface area contributed by atoms with Gasteiger partial charge in [-0.05, 0) is 13.0 Å². The Labute approximate surface area is 74.7 Å². The number of anilines is 2. The smallest absolute Gasteiger partial charge is 0.143 e. The molecule has 1 aromatic rings. The molecule has 64 valence electrons. The second-order valence-electron chi connectivity index (χ2n) is 2.82. The van der Waals surface area contributed by atoms with E-state index in [1.165, 1.54) is 6.07 Å². The van der Waals surface area contributed by atoms with E-state index in [0.29, 0.717) is 0 Å². The van der Waals surface area contributed by atoms with Crippen molar-refractivity contribution in [3.05, 3.63) is 23.0 Å². The van der Waals surface area contributed by atoms with Crippen molar-refractivity contribution < 1.29 is 4.39 Å². The predicted octanol–water partition coefficient (Wildman–Crippen LogP) is 2.66. The molecular weight excluding hydrogens is 179 g/mol. The zero-order valence-electron chi connectivity index (χ0n) is 6.49. The minimum atomic E-state index is -0.390. The molecule has 2 N–H and O–H groups in total. The van der Waals surface area contributed by atoms with Gasteiger partial charge in [0.05, 0.1) is 22.6 Å². The Balaban J connectivity index is 2.48. The summed E-state index contributed by atoms with van der Waals surface area (Å²) < 4.78 is 12.9. The van der Waals surface area contributed by atoms with Gasteiger partial charge in [-0.3, -0.25) is 0 Å². The maximum absolute atomic E-state index is 12.9. The Hall–Kier alpha value is -0.960. The molecule has 1 atom stereocenters. The van der Waals surface area contributed by atoms with Gasteiger partial charge in [0.2, 0.25) is 0 Å². The van der Waals surface area contributed by atoms with Crippen molar-refractivity contribution >= 4 is 23.0 Å². The third-order valence-corrected chi connectivity index (χ3v) is 2.09. The zero-order chi connectivity index (χ0) is 8.72. The van der Waals surface area contributed by atoms with E-state index in [-0.39, 0.29) is 17.0 Å². The largest absolute Gasteiger partial charge is 0.364 e. The van der Waals surface area contributed by atoms with Crippen molar-refractivity contribution in [2.45, 2.75) is 13.1 Å². The molecule has 0 aliphatic carbocycles. The van der Waals surface area contributed by atoms with Crippen molar-refractivity contribution in [1.29, 1.82) is 0 Å². The fraction of sp³-hybridized carbons (Fsp3) is 0.250. The third-order valence-electron chi connectivity index (χ3n) is 1.80. The molecule has 0 bridgehead atoms. The lowest BCUT2D eigenvalue weighted by molar-refractivity contribution is 0.629. The van der Waals surface area contributed by atoms with Crippen LogP contribution in [-0.4, -0.2) is 6.17 Å². The highest BCUT2D eigenvalue weighted by atomic mass is 35.5. The molecule has 1 unspecified atom stereocenters. The summed E-state index contributed by atoms with van der Waals surface area (Å²) >= 11 is 5.60. The first-order valence-corrected chi connectivity index (χ1v) is 4.07. The first-order chi connectivity index (χ1) is 5.66. The lowest BCUT2D eigenvalue weighted by Crippen LogP contribution is -2.16. The molecular formula is C8H8ClFN2. The molecule has 0 saturated carbocycles. The topological polar surface area (TPSA) is 24.1 Å². The minimum absolute atomic E-state index is 0.137. The van der Waals surface area contributed by atoms with E-state index < -0.39 is 0 Å². The van der Waals surface area contributed by atoms with Crippen molar-refractivity contribution in [2.75, 3.05) is 10.6 Å². The Kier molecular flexibility index (Phi) is 1.61. The first kappa shape index (κ1) is 7.68. The van der Waals surface area contributed by atoms with Gasteiger partial charge in [0.1, 0.15) is 5.82 Å². The number of hydrogen-bond donors (Lipinski definition) is 2. The van der Waals surface area contributed by atoms with E-state index in [1.807, 2.05) is 6.92 Å². The van der Waals surface area contributed by atoms with Gasteiger partial charge in [0.25, 0.3) is 0 Å². The van der Waals surface area contributed by atoms with E-state index in [9.17, 15) is 4.39 Å². The van der Waals surface area contributed by atoms with Crippen LogP contribution in [-0.2, 0) is 0 Å². The van der Waals surface area contributed by atoms with Gasteiger partial charge in [0, 0.05) is 6.07 Å². The highest BCUT2D eigenvalue weighted by Gasteiger charge is 2.17. The molecule has 0 fully saturated rings. The minimum Gasteiger partial charge on any atom is -0.364 e. The summed E-state index contributed by atoms with van der Waals surface area (Å²) in [5.41, 5.74) is 1.62. The van der Waals surface area contributed by atoms with Gasteiger partial charge in [-0.1, -0.05) is 11.6 Å². The van der Waals surface area contributed by atoms with Crippen molar-refractivity contribution in [3.8, 4) is 0 Å². The summed E-state index contributed by atoms with van der Waals surface area (Å²) in [4.78, 5) is 0. The normalized spacial score (nSPS) is 19.8. The molecule has 1 heterocycles. The van der Waals surface area contributed by atoms with Crippen LogP contribution < -0.4 is 10.6 Å². The van der Waals surface area contributed by atoms with Crippen LogP contribution in [0.3, 0.4) is 0 Å². The average molecular weight is 187 g/mol. The Bertz CT molecular complexity index is 296. The fourth-order valence-electron chi connectivity index (χ4n) is 1.29. The zero-order valence-corrected chi connectivity index (χ0v) is 7.24. The average Bonchev–Trinajstić information content (AvgIpc) is 2.30. The number of benzene rings is 1. The third kappa shape index (κ3) is 1.10. The van der Waals surface area contributed by atoms with Crippen LogP contribution in [0, 0.1) is 5.82 Å². The van der Waals surface area contributed by atoms with Gasteiger partial charge in [-0.15, -0.1) is 0 Å². The molecule has 0 radical (unpaired) electrons. The number of hydrogen-bond acceptors (Lipinski definition) is 2. The molecule has 2 nitrogen and oxygen atoms in total. The van der Waals surface area contributed by atoms with Crippen LogP contribution in [0.5, 0.6) is 0 Å². The molecule has 12 heavy (non-hydrogen) atoms. The predicted molar refractivity (Wildman–Crippen MR) is 48.1 cm³/mol. The van der Waals surface area contributed by atoms with Crippen molar-refractivity contribution in [1.82, 2.24) is 0 Å². The van der Waals surface area contributed by atoms with Gasteiger partial charge in [0.15, 0.2) is 0 Å². The van der Waals surface area contributed by atoms with E-state index in [1.54, 1.807) is 6.07 Å². The molecule has 2 rings (SSSR count). The summed E-state index contributed by atoms with van der Waals surface area (Å²) in [7, 11) is 0. The van der Waals surface area contributed by atoms with Crippen molar-refractivity contribution in [3.63, 3.8) is 0 Å². The van der Waals surface area contributed by atoms with Gasteiger partial charge >= 0.3 is 0 Å². The number of fused-ring (bicyclic) bond motifs is 1. The highest BCUT2D eigenvalue weighted by Crippen LogP contribution is 2.33. The van der Waals surface area contributed by atoms with Gasteiger partial charge in [-0.25, -0.2) is 4.39 Å².